The van der Waals surface area contributed by atoms with E-state index in [0.29, 0.717) is 5.92 Å². The van der Waals surface area contributed by atoms with E-state index in [9.17, 15) is 5.11 Å². The summed E-state index contributed by atoms with van der Waals surface area (Å²) in [6.45, 7) is 6.93. The Hall–Kier alpha value is -2.60. The predicted octanol–water partition coefficient (Wildman–Crippen LogP) is 4.67. The number of rotatable bonds is 3. The van der Waals surface area contributed by atoms with Crippen molar-refractivity contribution in [3.05, 3.63) is 91.0 Å². The second-order valence-corrected chi connectivity index (χ2v) is 13.8. The van der Waals surface area contributed by atoms with Crippen LogP contribution in [0.3, 0.4) is 0 Å². The summed E-state index contributed by atoms with van der Waals surface area (Å²) in [5, 5.41) is 15.3. The second-order valence-electron chi connectivity index (χ2n) is 10.3. The van der Waals surface area contributed by atoms with Gasteiger partial charge < -0.3 is 5.11 Å². The van der Waals surface area contributed by atoms with Crippen LogP contribution in [-0.2, 0) is 0 Å². The van der Waals surface area contributed by atoms with Crippen LogP contribution in [0.5, 0.6) is 0 Å². The van der Waals surface area contributed by atoms with Crippen molar-refractivity contribution >= 4 is 23.6 Å². The topological polar surface area (TPSA) is 20.2 Å². The molecule has 1 saturated carbocycles. The molecule has 0 saturated heterocycles. The van der Waals surface area contributed by atoms with Crippen molar-refractivity contribution in [2.75, 3.05) is 0 Å². The average Bonchev–Trinajstić information content (AvgIpc) is 2.81. The van der Waals surface area contributed by atoms with Crippen LogP contribution in [0.25, 0.3) is 0 Å². The molecular formula is C30H34OSi. The summed E-state index contributed by atoms with van der Waals surface area (Å²) in [5.74, 6) is 4.12. The van der Waals surface area contributed by atoms with Gasteiger partial charge in [-0.25, -0.2) is 0 Å². The van der Waals surface area contributed by atoms with E-state index in [0.717, 1.165) is 25.7 Å². The first-order valence-corrected chi connectivity index (χ1v) is 13.8. The zero-order valence-electron chi connectivity index (χ0n) is 19.5. The Morgan fingerprint density at radius 1 is 0.719 bits per heavy atom. The van der Waals surface area contributed by atoms with Crippen LogP contribution in [-0.4, -0.2) is 18.8 Å². The molecule has 1 N–H and O–H groups in total. The van der Waals surface area contributed by atoms with Crippen molar-refractivity contribution in [3.63, 3.8) is 0 Å². The first-order valence-electron chi connectivity index (χ1n) is 11.8. The molecule has 164 valence electrons. The van der Waals surface area contributed by atoms with Crippen molar-refractivity contribution < 1.29 is 5.11 Å². The van der Waals surface area contributed by atoms with Crippen molar-refractivity contribution in [1.29, 1.82) is 0 Å². The molecule has 0 aromatic heterocycles. The molecule has 0 unspecified atom stereocenters. The van der Waals surface area contributed by atoms with E-state index in [1.165, 1.54) is 15.6 Å². The molecule has 0 amide bonds. The minimum Gasteiger partial charge on any atom is -0.378 e. The molecule has 3 aromatic rings. The zero-order valence-corrected chi connectivity index (χ0v) is 20.5. The maximum atomic E-state index is 11.5. The van der Waals surface area contributed by atoms with Crippen molar-refractivity contribution in [2.24, 2.45) is 11.3 Å². The maximum absolute atomic E-state index is 11.5. The molecule has 32 heavy (non-hydrogen) atoms. The molecule has 1 nitrogen and oxygen atoms in total. The first-order chi connectivity index (χ1) is 15.3. The molecule has 0 spiro atoms. The minimum absolute atomic E-state index is 0.283. The van der Waals surface area contributed by atoms with Gasteiger partial charge in [0, 0.05) is 0 Å². The highest BCUT2D eigenvalue weighted by molar-refractivity contribution is 7.16. The lowest BCUT2D eigenvalue weighted by atomic mass is 9.68. The van der Waals surface area contributed by atoms with Crippen LogP contribution < -0.4 is 15.6 Å². The highest BCUT2D eigenvalue weighted by Crippen LogP contribution is 2.41. The minimum atomic E-state index is -2.63. The van der Waals surface area contributed by atoms with Crippen molar-refractivity contribution in [3.8, 4) is 11.5 Å². The van der Waals surface area contributed by atoms with E-state index in [4.69, 9.17) is 0 Å². The van der Waals surface area contributed by atoms with Crippen molar-refractivity contribution in [2.45, 2.75) is 52.1 Å². The van der Waals surface area contributed by atoms with Crippen LogP contribution in [0.2, 0.25) is 0 Å². The predicted molar refractivity (Wildman–Crippen MR) is 138 cm³/mol. The summed E-state index contributed by atoms with van der Waals surface area (Å²) in [4.78, 5) is 0. The lowest BCUT2D eigenvalue weighted by Crippen LogP contribution is -2.66. The van der Waals surface area contributed by atoms with Crippen LogP contribution in [0.4, 0.5) is 0 Å². The van der Waals surface area contributed by atoms with Crippen LogP contribution in [0.15, 0.2) is 91.0 Å². The van der Waals surface area contributed by atoms with Gasteiger partial charge in [-0.05, 0) is 52.6 Å². The number of benzene rings is 3. The number of hydrogen-bond acceptors (Lipinski definition) is 1. The van der Waals surface area contributed by atoms with Gasteiger partial charge in [0.05, 0.1) is 0 Å². The fraction of sp³-hybridized carbons (Fsp3) is 0.333. The number of hydrogen-bond donors (Lipinski definition) is 1. The Kier molecular flexibility index (Phi) is 6.42. The smallest absolute Gasteiger partial charge is 0.229 e. The monoisotopic (exact) mass is 438 g/mol. The van der Waals surface area contributed by atoms with E-state index in [2.05, 4.69) is 123 Å². The van der Waals surface area contributed by atoms with E-state index >= 15 is 0 Å². The molecule has 1 fully saturated rings. The van der Waals surface area contributed by atoms with Gasteiger partial charge in [-0.1, -0.05) is 118 Å². The Labute approximate surface area is 194 Å². The molecular weight excluding hydrogens is 404 g/mol. The molecule has 4 rings (SSSR count). The zero-order chi connectivity index (χ0) is 22.7. The summed E-state index contributed by atoms with van der Waals surface area (Å²) in [6.07, 6.45) is 3.58. The molecule has 0 radical (unpaired) electrons. The summed E-state index contributed by atoms with van der Waals surface area (Å²) < 4.78 is 0. The largest absolute Gasteiger partial charge is 0.378 e. The molecule has 0 bridgehead atoms. The molecule has 0 atom stereocenters. The van der Waals surface area contributed by atoms with Gasteiger partial charge in [0.1, 0.15) is 5.60 Å². The van der Waals surface area contributed by atoms with Crippen molar-refractivity contribution in [1.82, 2.24) is 0 Å². The van der Waals surface area contributed by atoms with Gasteiger partial charge in [-0.3, -0.25) is 0 Å². The van der Waals surface area contributed by atoms with Gasteiger partial charge in [0.25, 0.3) is 0 Å². The Bertz CT molecular complexity index is 967. The van der Waals surface area contributed by atoms with Gasteiger partial charge >= 0.3 is 0 Å². The SMILES string of the molecule is CC(C)(C)C1CCC(O)(C#C[Si](c2ccccc2)(c2ccccc2)c2ccccc2)CC1. The number of aliphatic hydroxyl groups is 1. The summed E-state index contributed by atoms with van der Waals surface area (Å²) in [7, 11) is -2.63. The molecule has 0 aliphatic heterocycles. The normalized spacial score (nSPS) is 21.4. The van der Waals surface area contributed by atoms with E-state index < -0.39 is 13.7 Å². The van der Waals surface area contributed by atoms with E-state index in [1.54, 1.807) is 0 Å². The summed E-state index contributed by atoms with van der Waals surface area (Å²) in [5.41, 5.74) is 3.16. The van der Waals surface area contributed by atoms with Crippen LogP contribution in [0, 0.1) is 22.8 Å². The van der Waals surface area contributed by atoms with Gasteiger partial charge in [0.15, 0.2) is 0 Å². The lowest BCUT2D eigenvalue weighted by Gasteiger charge is -2.39. The molecule has 1 aliphatic carbocycles. The Balaban J connectivity index is 1.84. The fourth-order valence-corrected chi connectivity index (χ4v) is 9.01. The van der Waals surface area contributed by atoms with Crippen LogP contribution in [0.1, 0.15) is 46.5 Å². The molecule has 2 heteroatoms. The molecule has 1 aliphatic rings. The molecule has 3 aromatic carbocycles. The van der Waals surface area contributed by atoms with Gasteiger partial charge in [0.2, 0.25) is 8.07 Å². The third kappa shape index (κ3) is 4.60. The Morgan fingerprint density at radius 3 is 1.44 bits per heavy atom. The quantitative estimate of drug-likeness (QED) is 0.358. The second kappa shape index (κ2) is 9.10. The summed E-state index contributed by atoms with van der Waals surface area (Å²) in [6, 6.07) is 32.1. The molecule has 0 heterocycles. The third-order valence-electron chi connectivity index (χ3n) is 7.14. The van der Waals surface area contributed by atoms with E-state index in [-0.39, 0.29) is 5.41 Å². The highest BCUT2D eigenvalue weighted by atomic mass is 28.3. The standard InChI is InChI=1S/C30H34OSi/c1-29(2,3)25-19-21-30(31,22-20-25)23-24-32(26-13-7-4-8-14-26,27-15-9-5-10-16-27)28-17-11-6-12-18-28/h4-18,25,31H,19-22H2,1-3H3. The average molecular weight is 439 g/mol. The van der Waals surface area contributed by atoms with Gasteiger partial charge in [-0.2, -0.15) is 0 Å². The third-order valence-corrected chi connectivity index (χ3v) is 11.2. The first kappa shape index (κ1) is 22.6. The van der Waals surface area contributed by atoms with Gasteiger partial charge in [-0.15, -0.1) is 5.54 Å². The van der Waals surface area contributed by atoms with Crippen LogP contribution >= 0.6 is 0 Å². The lowest BCUT2D eigenvalue weighted by molar-refractivity contribution is 0.0213. The van der Waals surface area contributed by atoms with E-state index in [1.807, 2.05) is 0 Å². The Morgan fingerprint density at radius 2 is 1.09 bits per heavy atom. The summed E-state index contributed by atoms with van der Waals surface area (Å²) >= 11 is 0. The maximum Gasteiger partial charge on any atom is 0.229 e. The highest BCUT2D eigenvalue weighted by Gasteiger charge is 2.40. The fourth-order valence-electron chi connectivity index (χ4n) is 5.08.